The number of benzene rings is 2. The standard InChI is InChI=1S/C20H24O5/c1-12-5-7-13(8-6-12)9-14-3-2-4-15(10-14)20-19(24)18(23)17(22)16(11-21)25-20/h2-8,10,16-24H,9,11H2,1H3/t16-,17?,18+,19-,20+/m1/s1. The summed E-state index contributed by atoms with van der Waals surface area (Å²) in [5.74, 6) is 0. The van der Waals surface area contributed by atoms with Crippen molar-refractivity contribution in [1.29, 1.82) is 0 Å². The Hall–Kier alpha value is -1.76. The van der Waals surface area contributed by atoms with Crippen LogP contribution in [0.4, 0.5) is 0 Å². The van der Waals surface area contributed by atoms with Gasteiger partial charge in [0, 0.05) is 0 Å². The van der Waals surface area contributed by atoms with Gasteiger partial charge in [-0.25, -0.2) is 0 Å². The van der Waals surface area contributed by atoms with Crippen molar-refractivity contribution < 1.29 is 25.2 Å². The average molecular weight is 344 g/mol. The number of ether oxygens (including phenoxy) is 1. The highest BCUT2D eigenvalue weighted by Crippen LogP contribution is 2.32. The van der Waals surface area contributed by atoms with Crippen molar-refractivity contribution in [3.05, 3.63) is 70.8 Å². The van der Waals surface area contributed by atoms with Crippen LogP contribution >= 0.6 is 0 Å². The molecule has 0 aliphatic carbocycles. The molecule has 1 unspecified atom stereocenters. The summed E-state index contributed by atoms with van der Waals surface area (Å²) >= 11 is 0. The number of rotatable bonds is 4. The van der Waals surface area contributed by atoms with Gasteiger partial charge >= 0.3 is 0 Å². The lowest BCUT2D eigenvalue weighted by atomic mass is 9.90. The summed E-state index contributed by atoms with van der Waals surface area (Å²) in [5.41, 5.74) is 4.15. The first kappa shape index (κ1) is 18.0. The molecule has 0 radical (unpaired) electrons. The number of aliphatic hydroxyl groups is 4. The molecule has 1 heterocycles. The summed E-state index contributed by atoms with van der Waals surface area (Å²) < 4.78 is 5.63. The number of aryl methyl sites for hydroxylation is 1. The molecule has 2 aromatic rings. The van der Waals surface area contributed by atoms with Crippen molar-refractivity contribution in [2.45, 2.75) is 43.9 Å². The predicted octanol–water partition coefficient (Wildman–Crippen LogP) is 1.10. The van der Waals surface area contributed by atoms with Gasteiger partial charge in [-0.3, -0.25) is 0 Å². The zero-order chi connectivity index (χ0) is 18.0. The van der Waals surface area contributed by atoms with Crippen LogP contribution in [0.5, 0.6) is 0 Å². The fourth-order valence-electron chi connectivity index (χ4n) is 3.20. The summed E-state index contributed by atoms with van der Waals surface area (Å²) in [7, 11) is 0. The zero-order valence-corrected chi connectivity index (χ0v) is 14.1. The molecule has 0 saturated carbocycles. The van der Waals surface area contributed by atoms with Crippen LogP contribution in [0.1, 0.15) is 28.4 Å². The maximum Gasteiger partial charge on any atom is 0.113 e. The van der Waals surface area contributed by atoms with Crippen LogP contribution in [0.3, 0.4) is 0 Å². The molecule has 5 atom stereocenters. The van der Waals surface area contributed by atoms with Gasteiger partial charge in [-0.1, -0.05) is 54.1 Å². The van der Waals surface area contributed by atoms with Crippen molar-refractivity contribution in [2.75, 3.05) is 6.61 Å². The molecular weight excluding hydrogens is 320 g/mol. The van der Waals surface area contributed by atoms with Crippen molar-refractivity contribution in [2.24, 2.45) is 0 Å². The average Bonchev–Trinajstić information content (AvgIpc) is 2.62. The molecule has 5 heteroatoms. The first-order chi connectivity index (χ1) is 12.0. The van der Waals surface area contributed by atoms with Crippen LogP contribution < -0.4 is 0 Å². The Bertz CT molecular complexity index is 697. The Morgan fingerprint density at radius 1 is 0.880 bits per heavy atom. The normalized spacial score (nSPS) is 29.6. The van der Waals surface area contributed by atoms with Crippen LogP contribution in [-0.4, -0.2) is 51.4 Å². The van der Waals surface area contributed by atoms with E-state index in [1.165, 1.54) is 11.1 Å². The first-order valence-corrected chi connectivity index (χ1v) is 8.44. The van der Waals surface area contributed by atoms with E-state index < -0.39 is 37.1 Å². The van der Waals surface area contributed by atoms with Crippen LogP contribution in [0, 0.1) is 6.92 Å². The summed E-state index contributed by atoms with van der Waals surface area (Å²) in [6.45, 7) is 1.62. The third-order valence-corrected chi connectivity index (χ3v) is 4.70. The van der Waals surface area contributed by atoms with E-state index in [9.17, 15) is 20.4 Å². The van der Waals surface area contributed by atoms with E-state index in [2.05, 4.69) is 24.3 Å². The van der Waals surface area contributed by atoms with Gasteiger partial charge < -0.3 is 25.2 Å². The monoisotopic (exact) mass is 344 g/mol. The Balaban J connectivity index is 1.81. The molecule has 0 bridgehead atoms. The largest absolute Gasteiger partial charge is 0.394 e. The Morgan fingerprint density at radius 3 is 2.28 bits per heavy atom. The van der Waals surface area contributed by atoms with Gasteiger partial charge in [0.15, 0.2) is 0 Å². The minimum Gasteiger partial charge on any atom is -0.394 e. The fourth-order valence-corrected chi connectivity index (χ4v) is 3.20. The van der Waals surface area contributed by atoms with Crippen molar-refractivity contribution in [3.63, 3.8) is 0 Å². The maximum absolute atomic E-state index is 10.3. The molecule has 1 aliphatic rings. The molecule has 2 aromatic carbocycles. The lowest BCUT2D eigenvalue weighted by molar-refractivity contribution is -0.231. The van der Waals surface area contributed by atoms with E-state index >= 15 is 0 Å². The molecule has 0 spiro atoms. The van der Waals surface area contributed by atoms with Gasteiger partial charge in [0.05, 0.1) is 6.61 Å². The number of hydrogen-bond donors (Lipinski definition) is 4. The molecule has 4 N–H and O–H groups in total. The minimum absolute atomic E-state index is 0.426. The number of hydrogen-bond acceptors (Lipinski definition) is 5. The van der Waals surface area contributed by atoms with Crippen LogP contribution in [-0.2, 0) is 11.2 Å². The number of aliphatic hydroxyl groups excluding tert-OH is 4. The predicted molar refractivity (Wildman–Crippen MR) is 93.1 cm³/mol. The summed E-state index contributed by atoms with van der Waals surface area (Å²) in [5, 5.41) is 39.5. The smallest absolute Gasteiger partial charge is 0.113 e. The quantitative estimate of drug-likeness (QED) is 0.667. The third-order valence-electron chi connectivity index (χ3n) is 4.70. The van der Waals surface area contributed by atoms with Gasteiger partial charge in [0.1, 0.15) is 30.5 Å². The van der Waals surface area contributed by atoms with E-state index in [4.69, 9.17) is 4.74 Å². The summed E-state index contributed by atoms with van der Waals surface area (Å²) in [6, 6.07) is 15.9. The van der Waals surface area contributed by atoms with Gasteiger partial charge in [-0.15, -0.1) is 0 Å². The van der Waals surface area contributed by atoms with E-state index in [0.29, 0.717) is 5.56 Å². The first-order valence-electron chi connectivity index (χ1n) is 8.44. The van der Waals surface area contributed by atoms with Crippen molar-refractivity contribution in [3.8, 4) is 0 Å². The Morgan fingerprint density at radius 2 is 1.60 bits per heavy atom. The second-order valence-electron chi connectivity index (χ2n) is 6.66. The molecule has 134 valence electrons. The highest BCUT2D eigenvalue weighted by molar-refractivity contribution is 5.32. The lowest BCUT2D eigenvalue weighted by Crippen LogP contribution is -2.55. The highest BCUT2D eigenvalue weighted by atomic mass is 16.5. The van der Waals surface area contributed by atoms with E-state index in [-0.39, 0.29) is 0 Å². The van der Waals surface area contributed by atoms with Crippen LogP contribution in [0.15, 0.2) is 48.5 Å². The van der Waals surface area contributed by atoms with Gasteiger partial charge in [-0.05, 0) is 30.0 Å². The Labute approximate surface area is 147 Å². The molecule has 25 heavy (non-hydrogen) atoms. The Kier molecular flexibility index (Phi) is 5.51. The van der Waals surface area contributed by atoms with Crippen LogP contribution in [0.2, 0.25) is 0 Å². The second-order valence-corrected chi connectivity index (χ2v) is 6.66. The molecule has 5 nitrogen and oxygen atoms in total. The van der Waals surface area contributed by atoms with E-state index in [0.717, 1.165) is 12.0 Å². The second kappa shape index (κ2) is 7.64. The molecule has 1 saturated heterocycles. The van der Waals surface area contributed by atoms with Gasteiger partial charge in [0.25, 0.3) is 0 Å². The zero-order valence-electron chi connectivity index (χ0n) is 14.1. The lowest BCUT2D eigenvalue weighted by Gasteiger charge is -2.40. The summed E-state index contributed by atoms with van der Waals surface area (Å²) in [4.78, 5) is 0. The van der Waals surface area contributed by atoms with E-state index in [1.807, 2.05) is 31.2 Å². The SMILES string of the molecule is Cc1ccc(Cc2cccc([C@@H]3O[C@H](CO)C(O)[C@H](O)[C@H]3O)c2)cc1. The molecule has 0 amide bonds. The highest BCUT2D eigenvalue weighted by Gasteiger charge is 2.43. The molecule has 1 aliphatic heterocycles. The maximum atomic E-state index is 10.3. The van der Waals surface area contributed by atoms with Gasteiger partial charge in [0.2, 0.25) is 0 Å². The fraction of sp³-hybridized carbons (Fsp3) is 0.400. The molecular formula is C20H24O5. The third kappa shape index (κ3) is 3.92. The minimum atomic E-state index is -1.36. The van der Waals surface area contributed by atoms with Crippen LogP contribution in [0.25, 0.3) is 0 Å². The van der Waals surface area contributed by atoms with Crippen molar-refractivity contribution >= 4 is 0 Å². The van der Waals surface area contributed by atoms with Crippen molar-refractivity contribution in [1.82, 2.24) is 0 Å². The molecule has 3 rings (SSSR count). The molecule has 0 aromatic heterocycles. The molecule has 1 fully saturated rings. The topological polar surface area (TPSA) is 90.2 Å². The summed E-state index contributed by atoms with van der Waals surface area (Å²) in [6.07, 6.45) is -4.92. The van der Waals surface area contributed by atoms with E-state index in [1.54, 1.807) is 0 Å². The van der Waals surface area contributed by atoms with Gasteiger partial charge in [-0.2, -0.15) is 0 Å².